The van der Waals surface area contributed by atoms with Gasteiger partial charge in [0.25, 0.3) is 0 Å². The van der Waals surface area contributed by atoms with Gasteiger partial charge in [-0.25, -0.2) is 0 Å². The minimum Gasteiger partial charge on any atom is -0.446 e. The van der Waals surface area contributed by atoms with Crippen molar-refractivity contribution < 1.29 is 23.7 Å². The number of esters is 1. The zero-order valence-electron chi connectivity index (χ0n) is 10.4. The molecule has 0 radical (unpaired) electrons. The average Bonchev–Trinajstić information content (AvgIpc) is 2.32. The molecule has 0 spiro atoms. The van der Waals surface area contributed by atoms with Gasteiger partial charge in [-0.1, -0.05) is 18.5 Å². The Labute approximate surface area is 107 Å². The Kier molecular flexibility index (Phi) is 11.8. The van der Waals surface area contributed by atoms with Gasteiger partial charge in [-0.3, -0.25) is 4.79 Å². The molecule has 0 saturated heterocycles. The molecule has 1 atom stereocenters. The van der Waals surface area contributed by atoms with Gasteiger partial charge in [0, 0.05) is 7.11 Å². The van der Waals surface area contributed by atoms with Gasteiger partial charge in [0.2, 0.25) is 0 Å². The molecule has 0 fully saturated rings. The first kappa shape index (κ1) is 16.6. The summed E-state index contributed by atoms with van der Waals surface area (Å²) >= 11 is 5.66. The highest BCUT2D eigenvalue weighted by molar-refractivity contribution is 6.20. The van der Waals surface area contributed by atoms with Crippen molar-refractivity contribution in [1.82, 2.24) is 0 Å². The Morgan fingerprint density at radius 1 is 1.12 bits per heavy atom. The van der Waals surface area contributed by atoms with E-state index in [0.29, 0.717) is 39.5 Å². The van der Waals surface area contributed by atoms with Gasteiger partial charge >= 0.3 is 5.97 Å². The van der Waals surface area contributed by atoms with Crippen LogP contribution in [0.5, 0.6) is 0 Å². The van der Waals surface area contributed by atoms with Crippen LogP contribution in [0.2, 0.25) is 0 Å². The Bertz CT molecular complexity index is 189. The highest BCUT2D eigenvalue weighted by Gasteiger charge is 2.08. The topological polar surface area (TPSA) is 54.0 Å². The fraction of sp³-hybridized carbons (Fsp3) is 0.909. The van der Waals surface area contributed by atoms with Crippen molar-refractivity contribution in [2.45, 2.75) is 25.3 Å². The monoisotopic (exact) mass is 268 g/mol. The second-order valence-electron chi connectivity index (χ2n) is 3.28. The molecule has 102 valence electrons. The maximum Gasteiger partial charge on any atom is 0.309 e. The van der Waals surface area contributed by atoms with Crippen molar-refractivity contribution in [3.8, 4) is 0 Å². The van der Waals surface area contributed by atoms with E-state index in [4.69, 9.17) is 30.5 Å². The number of hydrogen-bond donors (Lipinski definition) is 0. The lowest BCUT2D eigenvalue weighted by Gasteiger charge is -2.09. The summed E-state index contributed by atoms with van der Waals surface area (Å²) in [5.41, 5.74) is -0.542. The molecule has 0 heterocycles. The molecule has 0 aromatic rings. The summed E-state index contributed by atoms with van der Waals surface area (Å²) in [7, 11) is 1.62. The maximum absolute atomic E-state index is 11.2. The van der Waals surface area contributed by atoms with Crippen molar-refractivity contribution >= 4 is 17.6 Å². The molecule has 0 saturated carbocycles. The molecule has 17 heavy (non-hydrogen) atoms. The number of carbonyl (C=O) groups excluding carboxylic acids is 1. The Morgan fingerprint density at radius 3 is 2.29 bits per heavy atom. The SMILES string of the molecule is CCC(Cl)OC(=O)CCOCCOCCOC. The molecule has 0 bridgehead atoms. The molecule has 0 N–H and O–H groups in total. The van der Waals surface area contributed by atoms with E-state index < -0.39 is 5.56 Å². The van der Waals surface area contributed by atoms with E-state index in [1.807, 2.05) is 6.92 Å². The van der Waals surface area contributed by atoms with Crippen LogP contribution < -0.4 is 0 Å². The first-order chi connectivity index (χ1) is 8.20. The zero-order chi connectivity index (χ0) is 12.9. The number of rotatable bonds is 11. The minimum atomic E-state index is -0.542. The van der Waals surface area contributed by atoms with E-state index in [1.165, 1.54) is 0 Å². The van der Waals surface area contributed by atoms with Gasteiger partial charge < -0.3 is 18.9 Å². The van der Waals surface area contributed by atoms with Crippen LogP contribution in [0, 0.1) is 0 Å². The summed E-state index contributed by atoms with van der Waals surface area (Å²) in [6.07, 6.45) is 0.808. The average molecular weight is 269 g/mol. The Hall–Kier alpha value is -0.360. The molecule has 0 amide bonds. The number of ether oxygens (including phenoxy) is 4. The van der Waals surface area contributed by atoms with Crippen LogP contribution in [0.25, 0.3) is 0 Å². The number of carbonyl (C=O) groups is 1. The largest absolute Gasteiger partial charge is 0.446 e. The summed E-state index contributed by atoms with van der Waals surface area (Å²) in [4.78, 5) is 11.2. The van der Waals surface area contributed by atoms with Crippen LogP contribution in [0.15, 0.2) is 0 Å². The molecular formula is C11H21ClO5. The molecule has 0 aliphatic rings. The molecule has 0 rings (SSSR count). The maximum atomic E-state index is 11.2. The van der Waals surface area contributed by atoms with Crippen molar-refractivity contribution in [3.63, 3.8) is 0 Å². The number of alkyl halides is 1. The summed E-state index contributed by atoms with van der Waals surface area (Å²) in [6, 6.07) is 0. The smallest absolute Gasteiger partial charge is 0.309 e. The minimum absolute atomic E-state index is 0.210. The summed E-state index contributed by atoms with van der Waals surface area (Å²) in [6.45, 7) is 4.23. The lowest BCUT2D eigenvalue weighted by Crippen LogP contribution is -2.15. The number of hydrogen-bond acceptors (Lipinski definition) is 5. The van der Waals surface area contributed by atoms with Gasteiger partial charge in [-0.2, -0.15) is 0 Å². The van der Waals surface area contributed by atoms with E-state index >= 15 is 0 Å². The van der Waals surface area contributed by atoms with E-state index in [-0.39, 0.29) is 12.4 Å². The molecule has 0 aromatic carbocycles. The molecule has 6 heteroatoms. The third-order valence-electron chi connectivity index (χ3n) is 1.83. The van der Waals surface area contributed by atoms with Crippen LogP contribution >= 0.6 is 11.6 Å². The summed E-state index contributed by atoms with van der Waals surface area (Å²) in [5, 5.41) is 0. The summed E-state index contributed by atoms with van der Waals surface area (Å²) < 4.78 is 20.0. The number of methoxy groups -OCH3 is 1. The van der Waals surface area contributed by atoms with Crippen molar-refractivity contribution in [2.75, 3.05) is 40.1 Å². The second kappa shape index (κ2) is 12.1. The van der Waals surface area contributed by atoms with Gasteiger partial charge in [0.1, 0.15) is 0 Å². The van der Waals surface area contributed by atoms with Crippen LogP contribution in [0.4, 0.5) is 0 Å². The number of halogens is 1. The molecule has 0 aliphatic heterocycles. The molecular weight excluding hydrogens is 248 g/mol. The first-order valence-corrected chi connectivity index (χ1v) is 6.12. The highest BCUT2D eigenvalue weighted by atomic mass is 35.5. The fourth-order valence-electron chi connectivity index (χ4n) is 0.905. The van der Waals surface area contributed by atoms with Gasteiger partial charge in [0.05, 0.1) is 39.5 Å². The molecule has 5 nitrogen and oxygen atoms in total. The van der Waals surface area contributed by atoms with Crippen LogP contribution in [0.1, 0.15) is 19.8 Å². The van der Waals surface area contributed by atoms with Gasteiger partial charge in [0.15, 0.2) is 5.56 Å². The van der Waals surface area contributed by atoms with E-state index in [1.54, 1.807) is 7.11 Å². The highest BCUT2D eigenvalue weighted by Crippen LogP contribution is 2.04. The third kappa shape index (κ3) is 11.9. The second-order valence-corrected chi connectivity index (χ2v) is 3.76. The summed E-state index contributed by atoms with van der Waals surface area (Å²) in [5.74, 6) is -0.341. The van der Waals surface area contributed by atoms with E-state index in [9.17, 15) is 4.79 Å². The lowest BCUT2D eigenvalue weighted by molar-refractivity contribution is -0.146. The molecule has 1 unspecified atom stereocenters. The first-order valence-electron chi connectivity index (χ1n) is 5.68. The predicted molar refractivity (Wildman–Crippen MR) is 64.2 cm³/mol. The van der Waals surface area contributed by atoms with E-state index in [2.05, 4.69) is 0 Å². The quantitative estimate of drug-likeness (QED) is 0.323. The van der Waals surface area contributed by atoms with Crippen molar-refractivity contribution in [1.29, 1.82) is 0 Å². The fourth-order valence-corrected chi connectivity index (χ4v) is 1.00. The van der Waals surface area contributed by atoms with Gasteiger partial charge in [-0.15, -0.1) is 0 Å². The standard InChI is InChI=1S/C11H21ClO5/c1-3-10(12)17-11(13)4-5-15-8-9-16-7-6-14-2/h10H,3-9H2,1-2H3. The van der Waals surface area contributed by atoms with E-state index in [0.717, 1.165) is 0 Å². The van der Waals surface area contributed by atoms with Crippen LogP contribution in [-0.4, -0.2) is 51.7 Å². The molecule has 0 aliphatic carbocycles. The van der Waals surface area contributed by atoms with Crippen LogP contribution in [-0.2, 0) is 23.7 Å². The predicted octanol–water partition coefficient (Wildman–Crippen LogP) is 1.57. The lowest BCUT2D eigenvalue weighted by atomic mass is 10.4. The zero-order valence-corrected chi connectivity index (χ0v) is 11.2. The van der Waals surface area contributed by atoms with Crippen LogP contribution in [0.3, 0.4) is 0 Å². The van der Waals surface area contributed by atoms with Gasteiger partial charge in [-0.05, 0) is 6.42 Å². The Morgan fingerprint density at radius 2 is 1.71 bits per heavy atom. The third-order valence-corrected chi connectivity index (χ3v) is 2.23. The van der Waals surface area contributed by atoms with Crippen molar-refractivity contribution in [2.24, 2.45) is 0 Å². The Balaban J connectivity index is 3.19. The van der Waals surface area contributed by atoms with Crippen molar-refractivity contribution in [3.05, 3.63) is 0 Å². The normalized spacial score (nSPS) is 12.4. The molecule has 0 aromatic heterocycles.